The third-order valence-corrected chi connectivity index (χ3v) is 5.58. The molecular weight excluding hydrogens is 393 g/mol. The second-order valence-electron chi connectivity index (χ2n) is 7.50. The van der Waals surface area contributed by atoms with Crippen molar-refractivity contribution < 1.29 is 4.39 Å². The molecule has 0 saturated heterocycles. The maximum atomic E-state index is 14.4. The zero-order valence-corrected chi connectivity index (χ0v) is 16.5. The molecule has 7 nitrogen and oxygen atoms in total. The van der Waals surface area contributed by atoms with Gasteiger partial charge in [-0.25, -0.2) is 14.4 Å². The Morgan fingerprint density at radius 2 is 1.84 bits per heavy atom. The van der Waals surface area contributed by atoms with E-state index in [1.54, 1.807) is 30.6 Å². The predicted molar refractivity (Wildman–Crippen MR) is 118 cm³/mol. The highest BCUT2D eigenvalue weighted by Gasteiger charge is 2.18. The third kappa shape index (κ3) is 3.00. The van der Waals surface area contributed by atoms with Crippen LogP contribution in [0, 0.1) is 5.82 Å². The molecule has 1 aliphatic heterocycles. The van der Waals surface area contributed by atoms with Crippen molar-refractivity contribution in [1.29, 1.82) is 0 Å². The lowest BCUT2D eigenvalue weighted by molar-refractivity contribution is 0.631. The summed E-state index contributed by atoms with van der Waals surface area (Å²) in [6, 6.07) is 10.6. The molecule has 0 amide bonds. The molecule has 0 spiro atoms. The maximum Gasteiger partial charge on any atom is 0.161 e. The van der Waals surface area contributed by atoms with Gasteiger partial charge >= 0.3 is 0 Å². The lowest BCUT2D eigenvalue weighted by Gasteiger charge is -2.13. The summed E-state index contributed by atoms with van der Waals surface area (Å²) < 4.78 is 14.4. The van der Waals surface area contributed by atoms with Crippen molar-refractivity contribution >= 4 is 27.6 Å². The van der Waals surface area contributed by atoms with Crippen LogP contribution in [0.25, 0.3) is 50.3 Å². The van der Waals surface area contributed by atoms with E-state index in [0.29, 0.717) is 33.7 Å². The molecular formula is C23H18FN7. The molecule has 5 heterocycles. The number of aromatic nitrogens is 6. The van der Waals surface area contributed by atoms with Gasteiger partial charge < -0.3 is 10.3 Å². The van der Waals surface area contributed by atoms with Crippen LogP contribution in [-0.2, 0) is 0 Å². The first kappa shape index (κ1) is 17.9. The Morgan fingerprint density at radius 1 is 0.903 bits per heavy atom. The number of nitrogens with one attached hydrogen (secondary N) is 3. The van der Waals surface area contributed by atoms with E-state index in [-0.39, 0.29) is 5.82 Å². The Hall–Kier alpha value is -3.91. The van der Waals surface area contributed by atoms with Crippen molar-refractivity contribution in [2.24, 2.45) is 0 Å². The third-order valence-electron chi connectivity index (χ3n) is 5.58. The molecule has 1 aromatic carbocycles. The van der Waals surface area contributed by atoms with E-state index in [4.69, 9.17) is 9.97 Å². The predicted octanol–water partition coefficient (Wildman–Crippen LogP) is 4.08. The summed E-state index contributed by atoms with van der Waals surface area (Å²) in [5, 5.41) is 10.8. The van der Waals surface area contributed by atoms with Gasteiger partial charge in [-0.05, 0) is 36.7 Å². The molecule has 31 heavy (non-hydrogen) atoms. The lowest BCUT2D eigenvalue weighted by atomic mass is 10.1. The average Bonchev–Trinajstić information content (AvgIpc) is 3.43. The second kappa shape index (κ2) is 7.10. The van der Waals surface area contributed by atoms with Crippen LogP contribution in [0.4, 0.5) is 4.39 Å². The van der Waals surface area contributed by atoms with E-state index >= 15 is 0 Å². The minimum Gasteiger partial charge on any atom is -0.335 e. The standard InChI is InChI=1S/C23H18FN7/c24-16-4-2-1-3-14(16)15-11-26-12-19-20(15)29-23(28-19)22-21-18(30-31-22)6-5-17(27-21)13-7-9-25-10-8-13/h1-7,11-12,25H,8-10H2,(H,28,29)(H,30,31). The number of hydrogen-bond donors (Lipinski definition) is 3. The molecule has 1 aliphatic rings. The van der Waals surface area contributed by atoms with Crippen LogP contribution in [0.5, 0.6) is 0 Å². The number of aromatic amines is 2. The molecule has 152 valence electrons. The van der Waals surface area contributed by atoms with Gasteiger partial charge in [0, 0.05) is 23.9 Å². The SMILES string of the molecule is Fc1ccccc1-c1cncc2[nH]c(-c3n[nH]c4ccc(C5=CCNCC5)nc34)nc12. The molecule has 5 aromatic rings. The van der Waals surface area contributed by atoms with Crippen molar-refractivity contribution in [2.75, 3.05) is 13.1 Å². The Balaban J connectivity index is 1.50. The van der Waals surface area contributed by atoms with E-state index in [2.05, 4.69) is 31.6 Å². The minimum absolute atomic E-state index is 0.312. The van der Waals surface area contributed by atoms with E-state index in [1.165, 1.54) is 11.6 Å². The van der Waals surface area contributed by atoms with Gasteiger partial charge in [-0.1, -0.05) is 24.3 Å². The van der Waals surface area contributed by atoms with Crippen LogP contribution in [0.2, 0.25) is 0 Å². The summed E-state index contributed by atoms with van der Waals surface area (Å²) in [6.45, 7) is 1.79. The van der Waals surface area contributed by atoms with Crippen LogP contribution in [0.3, 0.4) is 0 Å². The number of halogens is 1. The number of H-pyrrole nitrogens is 2. The van der Waals surface area contributed by atoms with E-state index in [1.807, 2.05) is 12.1 Å². The average molecular weight is 411 g/mol. The first-order valence-electron chi connectivity index (χ1n) is 10.1. The molecule has 4 aromatic heterocycles. The summed E-state index contributed by atoms with van der Waals surface area (Å²) in [7, 11) is 0. The van der Waals surface area contributed by atoms with E-state index in [0.717, 1.165) is 36.2 Å². The maximum absolute atomic E-state index is 14.4. The topological polar surface area (TPSA) is 95.2 Å². The number of fused-ring (bicyclic) bond motifs is 2. The van der Waals surface area contributed by atoms with Crippen LogP contribution in [0.15, 0.2) is 54.9 Å². The van der Waals surface area contributed by atoms with Crippen molar-refractivity contribution in [3.05, 3.63) is 66.4 Å². The fourth-order valence-electron chi connectivity index (χ4n) is 4.02. The first-order chi connectivity index (χ1) is 15.3. The number of rotatable bonds is 3. The monoisotopic (exact) mass is 411 g/mol. The summed E-state index contributed by atoms with van der Waals surface area (Å²) in [5.41, 5.74) is 6.83. The number of hydrogen-bond acceptors (Lipinski definition) is 5. The first-order valence-corrected chi connectivity index (χ1v) is 10.1. The van der Waals surface area contributed by atoms with Crippen LogP contribution in [-0.4, -0.2) is 43.2 Å². The molecule has 0 saturated carbocycles. The van der Waals surface area contributed by atoms with Gasteiger partial charge in [-0.15, -0.1) is 0 Å². The Bertz CT molecular complexity index is 1460. The van der Waals surface area contributed by atoms with Gasteiger partial charge in [-0.2, -0.15) is 5.10 Å². The molecule has 0 atom stereocenters. The molecule has 6 rings (SSSR count). The zero-order valence-electron chi connectivity index (χ0n) is 16.5. The number of benzene rings is 1. The smallest absolute Gasteiger partial charge is 0.161 e. The Labute approximate surface area is 176 Å². The second-order valence-corrected chi connectivity index (χ2v) is 7.50. The summed E-state index contributed by atoms with van der Waals surface area (Å²) in [4.78, 5) is 17.2. The van der Waals surface area contributed by atoms with Crippen molar-refractivity contribution in [2.45, 2.75) is 6.42 Å². The largest absolute Gasteiger partial charge is 0.335 e. The van der Waals surface area contributed by atoms with Gasteiger partial charge in [-0.3, -0.25) is 10.1 Å². The number of nitrogens with zero attached hydrogens (tertiary/aromatic N) is 4. The highest BCUT2D eigenvalue weighted by molar-refractivity contribution is 5.95. The van der Waals surface area contributed by atoms with Crippen molar-refractivity contribution in [3.8, 4) is 22.6 Å². The fourth-order valence-corrected chi connectivity index (χ4v) is 4.02. The highest BCUT2D eigenvalue weighted by atomic mass is 19.1. The minimum atomic E-state index is -0.312. The Kier molecular flexibility index (Phi) is 4.10. The molecule has 0 aliphatic carbocycles. The van der Waals surface area contributed by atoms with Crippen molar-refractivity contribution in [3.63, 3.8) is 0 Å². The van der Waals surface area contributed by atoms with E-state index in [9.17, 15) is 4.39 Å². The van der Waals surface area contributed by atoms with Crippen LogP contribution >= 0.6 is 0 Å². The number of imidazole rings is 1. The van der Waals surface area contributed by atoms with E-state index < -0.39 is 0 Å². The molecule has 0 fully saturated rings. The quantitative estimate of drug-likeness (QED) is 0.416. The molecule has 0 unspecified atom stereocenters. The zero-order chi connectivity index (χ0) is 20.8. The summed E-state index contributed by atoms with van der Waals surface area (Å²) in [6.07, 6.45) is 6.43. The van der Waals surface area contributed by atoms with Crippen LogP contribution < -0.4 is 5.32 Å². The molecule has 3 N–H and O–H groups in total. The number of pyridine rings is 2. The van der Waals surface area contributed by atoms with Gasteiger partial charge in [0.15, 0.2) is 11.5 Å². The van der Waals surface area contributed by atoms with Gasteiger partial charge in [0.05, 0.1) is 22.9 Å². The molecule has 0 radical (unpaired) electrons. The van der Waals surface area contributed by atoms with Gasteiger partial charge in [0.1, 0.15) is 16.9 Å². The fraction of sp³-hybridized carbons (Fsp3) is 0.130. The van der Waals surface area contributed by atoms with Crippen LogP contribution in [0.1, 0.15) is 12.1 Å². The summed E-state index contributed by atoms with van der Waals surface area (Å²) in [5.74, 6) is 0.254. The lowest BCUT2D eigenvalue weighted by Crippen LogP contribution is -2.20. The highest BCUT2D eigenvalue weighted by Crippen LogP contribution is 2.32. The Morgan fingerprint density at radius 3 is 2.71 bits per heavy atom. The molecule has 8 heteroatoms. The summed E-state index contributed by atoms with van der Waals surface area (Å²) >= 11 is 0. The molecule has 0 bridgehead atoms. The van der Waals surface area contributed by atoms with Crippen molar-refractivity contribution in [1.82, 2.24) is 35.5 Å². The van der Waals surface area contributed by atoms with Gasteiger partial charge in [0.2, 0.25) is 0 Å². The normalized spacial score (nSPS) is 14.3. The van der Waals surface area contributed by atoms with Gasteiger partial charge in [0.25, 0.3) is 0 Å².